The van der Waals surface area contributed by atoms with Crippen LogP contribution in [0.1, 0.15) is 26.2 Å². The molecule has 128 valence electrons. The highest BCUT2D eigenvalue weighted by molar-refractivity contribution is 7.91. The summed E-state index contributed by atoms with van der Waals surface area (Å²) in [5.41, 5.74) is 0. The summed E-state index contributed by atoms with van der Waals surface area (Å²) >= 11 is 0. The van der Waals surface area contributed by atoms with Crippen molar-refractivity contribution in [2.45, 2.75) is 26.2 Å². The van der Waals surface area contributed by atoms with Gasteiger partial charge in [0.15, 0.2) is 9.84 Å². The monoisotopic (exact) mass is 331 g/mol. The van der Waals surface area contributed by atoms with E-state index in [0.717, 1.165) is 32.5 Å². The first-order valence-electron chi connectivity index (χ1n) is 8.36. The molecule has 0 aromatic heterocycles. The topological polar surface area (TPSA) is 78.5 Å². The molecule has 1 amide bonds. The lowest BCUT2D eigenvalue weighted by Gasteiger charge is -2.28. The molecule has 0 bridgehead atoms. The van der Waals surface area contributed by atoms with E-state index >= 15 is 0 Å². The zero-order valence-electron chi connectivity index (χ0n) is 13.5. The standard InChI is InChI=1S/C15H29N3O3S/c1-13(14-2-4-16-5-3-14)12-15(19)17-6-7-18-8-10-22(20,21)11-9-18/h13-14,16H,2-12H2,1H3,(H,17,19). The highest BCUT2D eigenvalue weighted by Crippen LogP contribution is 2.24. The van der Waals surface area contributed by atoms with Gasteiger partial charge in [0.05, 0.1) is 11.5 Å². The van der Waals surface area contributed by atoms with Crippen LogP contribution in [0.15, 0.2) is 0 Å². The molecule has 0 aliphatic carbocycles. The Kier molecular flexibility index (Phi) is 6.65. The Bertz CT molecular complexity index is 447. The van der Waals surface area contributed by atoms with Gasteiger partial charge in [-0.1, -0.05) is 6.92 Å². The third-order valence-corrected chi connectivity index (χ3v) is 6.49. The third kappa shape index (κ3) is 5.85. The summed E-state index contributed by atoms with van der Waals surface area (Å²) in [5, 5.41) is 6.33. The number of nitrogens with zero attached hydrogens (tertiary/aromatic N) is 1. The van der Waals surface area contributed by atoms with Crippen LogP contribution in [0.3, 0.4) is 0 Å². The van der Waals surface area contributed by atoms with Gasteiger partial charge >= 0.3 is 0 Å². The highest BCUT2D eigenvalue weighted by Gasteiger charge is 2.23. The average Bonchev–Trinajstić information content (AvgIpc) is 2.50. The Hall–Kier alpha value is -0.660. The van der Waals surface area contributed by atoms with Crippen molar-refractivity contribution in [3.63, 3.8) is 0 Å². The molecule has 0 saturated carbocycles. The Balaban J connectivity index is 1.59. The molecule has 2 fully saturated rings. The number of sulfone groups is 1. The van der Waals surface area contributed by atoms with E-state index in [9.17, 15) is 13.2 Å². The minimum Gasteiger partial charge on any atom is -0.355 e. The molecular weight excluding hydrogens is 302 g/mol. The van der Waals surface area contributed by atoms with Crippen LogP contribution in [-0.4, -0.2) is 70.0 Å². The molecule has 2 heterocycles. The van der Waals surface area contributed by atoms with Crippen LogP contribution in [0.4, 0.5) is 0 Å². The summed E-state index contributed by atoms with van der Waals surface area (Å²) in [5.74, 6) is 1.69. The summed E-state index contributed by atoms with van der Waals surface area (Å²) in [4.78, 5) is 14.1. The summed E-state index contributed by atoms with van der Waals surface area (Å²) in [7, 11) is -2.82. The average molecular weight is 331 g/mol. The Morgan fingerprint density at radius 2 is 1.91 bits per heavy atom. The zero-order valence-corrected chi connectivity index (χ0v) is 14.3. The number of nitrogens with one attached hydrogen (secondary N) is 2. The van der Waals surface area contributed by atoms with Crippen LogP contribution in [0.25, 0.3) is 0 Å². The molecule has 2 N–H and O–H groups in total. The van der Waals surface area contributed by atoms with Crippen molar-refractivity contribution in [2.75, 3.05) is 50.8 Å². The van der Waals surface area contributed by atoms with E-state index in [-0.39, 0.29) is 17.4 Å². The van der Waals surface area contributed by atoms with Crippen molar-refractivity contribution in [3.05, 3.63) is 0 Å². The number of rotatable bonds is 6. The lowest BCUT2D eigenvalue weighted by Crippen LogP contribution is -2.44. The van der Waals surface area contributed by atoms with Gasteiger partial charge in [-0.05, 0) is 37.8 Å². The van der Waals surface area contributed by atoms with Gasteiger partial charge in [0, 0.05) is 32.6 Å². The van der Waals surface area contributed by atoms with Crippen LogP contribution in [0.5, 0.6) is 0 Å². The number of carbonyl (C=O) groups excluding carboxylic acids is 1. The third-order valence-electron chi connectivity index (χ3n) is 4.88. The van der Waals surface area contributed by atoms with Crippen LogP contribution in [-0.2, 0) is 14.6 Å². The number of piperidine rings is 1. The molecule has 2 saturated heterocycles. The second-order valence-electron chi connectivity index (χ2n) is 6.61. The molecule has 0 aromatic carbocycles. The minimum absolute atomic E-state index is 0.121. The summed E-state index contributed by atoms with van der Waals surface area (Å²) in [6, 6.07) is 0. The van der Waals surface area contributed by atoms with Gasteiger partial charge in [-0.25, -0.2) is 8.42 Å². The van der Waals surface area contributed by atoms with Crippen LogP contribution >= 0.6 is 0 Å². The van der Waals surface area contributed by atoms with Gasteiger partial charge in [-0.3, -0.25) is 9.69 Å². The molecule has 1 unspecified atom stereocenters. The number of hydrogen-bond acceptors (Lipinski definition) is 5. The molecule has 1 atom stereocenters. The largest absolute Gasteiger partial charge is 0.355 e. The molecule has 0 radical (unpaired) electrons. The van der Waals surface area contributed by atoms with Gasteiger partial charge in [-0.15, -0.1) is 0 Å². The van der Waals surface area contributed by atoms with Crippen LogP contribution < -0.4 is 10.6 Å². The van der Waals surface area contributed by atoms with E-state index in [4.69, 9.17) is 0 Å². The predicted molar refractivity (Wildman–Crippen MR) is 87.5 cm³/mol. The molecule has 2 rings (SSSR count). The van der Waals surface area contributed by atoms with Crippen molar-refractivity contribution in [1.82, 2.24) is 15.5 Å². The fourth-order valence-electron chi connectivity index (χ4n) is 3.27. The minimum atomic E-state index is -2.82. The van der Waals surface area contributed by atoms with E-state index < -0.39 is 9.84 Å². The van der Waals surface area contributed by atoms with E-state index in [1.165, 1.54) is 0 Å². The molecule has 0 spiro atoms. The lowest BCUT2D eigenvalue weighted by molar-refractivity contribution is -0.122. The molecule has 2 aliphatic heterocycles. The SMILES string of the molecule is CC(CC(=O)NCCN1CCS(=O)(=O)CC1)C1CCNCC1. The van der Waals surface area contributed by atoms with Crippen LogP contribution in [0, 0.1) is 11.8 Å². The van der Waals surface area contributed by atoms with Crippen molar-refractivity contribution in [3.8, 4) is 0 Å². The summed E-state index contributed by atoms with van der Waals surface area (Å²) < 4.78 is 22.7. The summed E-state index contributed by atoms with van der Waals surface area (Å²) in [6.45, 7) is 6.82. The second-order valence-corrected chi connectivity index (χ2v) is 8.92. The zero-order chi connectivity index (χ0) is 16.0. The maximum Gasteiger partial charge on any atom is 0.220 e. The van der Waals surface area contributed by atoms with Gasteiger partial charge in [-0.2, -0.15) is 0 Å². The van der Waals surface area contributed by atoms with Crippen molar-refractivity contribution in [2.24, 2.45) is 11.8 Å². The maximum absolute atomic E-state index is 12.0. The summed E-state index contributed by atoms with van der Waals surface area (Å²) in [6.07, 6.45) is 2.92. The second kappa shape index (κ2) is 8.26. The molecule has 7 heteroatoms. The molecule has 0 aromatic rings. The Morgan fingerprint density at radius 1 is 1.27 bits per heavy atom. The fourth-order valence-corrected chi connectivity index (χ4v) is 4.55. The van der Waals surface area contributed by atoms with Gasteiger partial charge < -0.3 is 10.6 Å². The van der Waals surface area contributed by atoms with E-state index in [1.54, 1.807) is 0 Å². The predicted octanol–water partition coefficient (Wildman–Crippen LogP) is -0.141. The maximum atomic E-state index is 12.0. The quantitative estimate of drug-likeness (QED) is 0.708. The van der Waals surface area contributed by atoms with Gasteiger partial charge in [0.1, 0.15) is 0 Å². The van der Waals surface area contributed by atoms with E-state index in [1.807, 2.05) is 0 Å². The highest BCUT2D eigenvalue weighted by atomic mass is 32.2. The normalized spacial score (nSPS) is 24.8. The number of hydrogen-bond donors (Lipinski definition) is 2. The van der Waals surface area contributed by atoms with Gasteiger partial charge in [0.25, 0.3) is 0 Å². The molecular formula is C15H29N3O3S. The number of carbonyl (C=O) groups is 1. The first-order valence-corrected chi connectivity index (χ1v) is 10.2. The van der Waals surface area contributed by atoms with Gasteiger partial charge in [0.2, 0.25) is 5.91 Å². The Labute approximate surface area is 133 Å². The van der Waals surface area contributed by atoms with Crippen LogP contribution in [0.2, 0.25) is 0 Å². The molecule has 6 nitrogen and oxygen atoms in total. The first kappa shape index (κ1) is 17.7. The molecule has 2 aliphatic rings. The van der Waals surface area contributed by atoms with Crippen molar-refractivity contribution < 1.29 is 13.2 Å². The fraction of sp³-hybridized carbons (Fsp3) is 0.933. The van der Waals surface area contributed by atoms with Crippen molar-refractivity contribution >= 4 is 15.7 Å². The van der Waals surface area contributed by atoms with E-state index in [0.29, 0.717) is 37.9 Å². The first-order chi connectivity index (χ1) is 10.5. The smallest absolute Gasteiger partial charge is 0.220 e. The van der Waals surface area contributed by atoms with E-state index in [2.05, 4.69) is 22.5 Å². The molecule has 22 heavy (non-hydrogen) atoms. The van der Waals surface area contributed by atoms with Crippen molar-refractivity contribution in [1.29, 1.82) is 0 Å². The number of amides is 1. The lowest BCUT2D eigenvalue weighted by atomic mass is 9.84. The Morgan fingerprint density at radius 3 is 2.55 bits per heavy atom.